The van der Waals surface area contributed by atoms with Gasteiger partial charge in [-0.3, -0.25) is 9.78 Å². The predicted molar refractivity (Wildman–Crippen MR) is 206 cm³/mol. The van der Waals surface area contributed by atoms with Crippen LogP contribution in [0.3, 0.4) is 0 Å². The predicted octanol–water partition coefficient (Wildman–Crippen LogP) is 13.4. The van der Waals surface area contributed by atoms with Gasteiger partial charge in [-0.1, -0.05) is 133 Å². The molecule has 5 nitrogen and oxygen atoms in total. The number of benzene rings is 2. The van der Waals surface area contributed by atoms with E-state index in [1.165, 1.54) is 77.0 Å². The van der Waals surface area contributed by atoms with Crippen LogP contribution in [0.15, 0.2) is 66.9 Å². The Hall–Kier alpha value is -3.39. The number of carboxylic acid groups (broad SMARTS) is 1. The number of carbonyl (C=O) groups is 1. The number of aliphatic carboxylic acids is 1. The van der Waals surface area contributed by atoms with Crippen LogP contribution in [0.1, 0.15) is 147 Å². The van der Waals surface area contributed by atoms with Crippen molar-refractivity contribution in [3.8, 4) is 28.1 Å². The first-order valence-corrected chi connectivity index (χ1v) is 19.9. The Bertz CT molecular complexity index is 1380. The van der Waals surface area contributed by atoms with Gasteiger partial charge in [0.05, 0.1) is 18.5 Å². The molecule has 0 aliphatic heterocycles. The molecule has 0 saturated heterocycles. The van der Waals surface area contributed by atoms with Gasteiger partial charge >= 0.3 is 12.1 Å². The zero-order chi connectivity index (χ0) is 37.4. The van der Waals surface area contributed by atoms with Crippen molar-refractivity contribution in [3.63, 3.8) is 0 Å². The van der Waals surface area contributed by atoms with Crippen molar-refractivity contribution in [2.75, 3.05) is 13.2 Å². The highest BCUT2D eigenvalue weighted by Gasteiger charge is 2.36. The molecule has 8 heteroatoms. The maximum Gasteiger partial charge on any atom is 0.414 e. The molecule has 0 spiro atoms. The zero-order valence-corrected chi connectivity index (χ0v) is 31.6. The number of alkyl halides is 3. The van der Waals surface area contributed by atoms with Gasteiger partial charge in [-0.15, -0.1) is 0 Å². The number of carboxylic acids is 1. The van der Waals surface area contributed by atoms with Crippen molar-refractivity contribution in [3.05, 3.63) is 72.4 Å². The zero-order valence-electron chi connectivity index (χ0n) is 31.6. The minimum atomic E-state index is -4.40. The van der Waals surface area contributed by atoms with Crippen LogP contribution in [-0.2, 0) is 9.53 Å². The van der Waals surface area contributed by atoms with Crippen LogP contribution in [0, 0.1) is 0 Å². The lowest BCUT2D eigenvalue weighted by Gasteiger charge is -2.21. The maximum atomic E-state index is 13.0. The summed E-state index contributed by atoms with van der Waals surface area (Å²) in [6.45, 7) is 3.92. The SMILES string of the molecule is CCCCCCCCCCCCCCCCOc1ccc(-c2cc(C(CCCOC(C)C(F)(F)F)CCCC(=O)O)ccc2-c2ccccc2)nc1. The van der Waals surface area contributed by atoms with Crippen molar-refractivity contribution in [2.45, 2.75) is 154 Å². The standard InChI is InChI=1S/C44H62F3NO4/c1-3-4-5-6-7-8-9-10-11-12-13-14-15-19-31-52-39-28-30-42(48-34-39)41-33-38(27-29-40(41)37-22-17-16-18-23-37)36(24-20-26-43(49)50)25-21-32-51-35(2)44(45,46)47/h16-18,22-23,27-30,33-36H,3-15,19-21,24-26,31-32H2,1-2H3,(H,49,50). The average molecular weight is 726 g/mol. The van der Waals surface area contributed by atoms with Crippen LogP contribution < -0.4 is 4.74 Å². The summed E-state index contributed by atoms with van der Waals surface area (Å²) in [4.78, 5) is 16.1. The van der Waals surface area contributed by atoms with Crippen LogP contribution >= 0.6 is 0 Å². The first kappa shape index (κ1) is 43.0. The summed E-state index contributed by atoms with van der Waals surface area (Å²) in [6.07, 6.45) is 16.1. The van der Waals surface area contributed by atoms with Gasteiger partial charge in [-0.05, 0) is 79.8 Å². The number of hydrogen-bond acceptors (Lipinski definition) is 4. The summed E-state index contributed by atoms with van der Waals surface area (Å²) in [7, 11) is 0. The lowest BCUT2D eigenvalue weighted by Crippen LogP contribution is -2.28. The Morgan fingerprint density at radius 1 is 0.731 bits per heavy atom. The van der Waals surface area contributed by atoms with Crippen molar-refractivity contribution in [1.29, 1.82) is 0 Å². The fourth-order valence-electron chi connectivity index (χ4n) is 6.67. The van der Waals surface area contributed by atoms with Crippen molar-refractivity contribution in [1.82, 2.24) is 4.98 Å². The third-order valence-corrected chi connectivity index (χ3v) is 9.85. The minimum absolute atomic E-state index is 0.0204. The van der Waals surface area contributed by atoms with Gasteiger partial charge in [0, 0.05) is 18.6 Å². The quantitative estimate of drug-likeness (QED) is 0.0755. The highest BCUT2D eigenvalue weighted by atomic mass is 19.4. The van der Waals surface area contributed by atoms with E-state index in [0.717, 1.165) is 53.5 Å². The second kappa shape index (κ2) is 24.8. The third-order valence-electron chi connectivity index (χ3n) is 9.85. The molecule has 1 heterocycles. The van der Waals surface area contributed by atoms with E-state index in [4.69, 9.17) is 14.5 Å². The van der Waals surface area contributed by atoms with Gasteiger partial charge in [-0.25, -0.2) is 0 Å². The average Bonchev–Trinajstić information content (AvgIpc) is 3.14. The Labute approximate surface area is 310 Å². The summed E-state index contributed by atoms with van der Waals surface area (Å²) in [5, 5.41) is 9.25. The molecule has 0 fully saturated rings. The van der Waals surface area contributed by atoms with Crippen molar-refractivity contribution in [2.24, 2.45) is 0 Å². The Morgan fingerprint density at radius 2 is 1.35 bits per heavy atom. The summed E-state index contributed by atoms with van der Waals surface area (Å²) in [6, 6.07) is 20.2. The van der Waals surface area contributed by atoms with Crippen LogP contribution in [0.25, 0.3) is 22.4 Å². The number of nitrogens with zero attached hydrogens (tertiary/aromatic N) is 1. The van der Waals surface area contributed by atoms with E-state index >= 15 is 0 Å². The molecule has 2 atom stereocenters. The summed E-state index contributed by atoms with van der Waals surface area (Å²) >= 11 is 0. The van der Waals surface area contributed by atoms with Gasteiger partial charge in [-0.2, -0.15) is 13.2 Å². The molecule has 1 aromatic heterocycles. The van der Waals surface area contributed by atoms with E-state index in [0.29, 0.717) is 32.3 Å². The molecule has 2 aromatic carbocycles. The molecule has 52 heavy (non-hydrogen) atoms. The lowest BCUT2D eigenvalue weighted by molar-refractivity contribution is -0.214. The smallest absolute Gasteiger partial charge is 0.414 e. The molecule has 2 unspecified atom stereocenters. The largest absolute Gasteiger partial charge is 0.492 e. The first-order chi connectivity index (χ1) is 25.2. The fraction of sp³-hybridized carbons (Fsp3) is 0.591. The lowest BCUT2D eigenvalue weighted by atomic mass is 9.86. The monoisotopic (exact) mass is 725 g/mol. The second-order valence-corrected chi connectivity index (χ2v) is 14.2. The number of unbranched alkanes of at least 4 members (excludes halogenated alkanes) is 13. The van der Waals surface area contributed by atoms with Crippen molar-refractivity contribution < 1.29 is 32.5 Å². The highest BCUT2D eigenvalue weighted by molar-refractivity contribution is 5.82. The van der Waals surface area contributed by atoms with Crippen molar-refractivity contribution >= 4 is 5.97 Å². The van der Waals surface area contributed by atoms with E-state index in [1.54, 1.807) is 6.20 Å². The molecule has 3 aromatic rings. The van der Waals surface area contributed by atoms with Crippen LogP contribution in [-0.4, -0.2) is 41.6 Å². The van der Waals surface area contributed by atoms with Gasteiger partial charge < -0.3 is 14.6 Å². The molecular weight excluding hydrogens is 663 g/mol. The van der Waals surface area contributed by atoms with Gasteiger partial charge in [0.1, 0.15) is 5.75 Å². The summed E-state index contributed by atoms with van der Waals surface area (Å²) in [5.41, 5.74) is 4.79. The molecule has 0 radical (unpaired) electrons. The van der Waals surface area contributed by atoms with Crippen LogP contribution in [0.5, 0.6) is 5.75 Å². The van der Waals surface area contributed by atoms with E-state index in [1.807, 2.05) is 36.4 Å². The number of aromatic nitrogens is 1. The number of rotatable bonds is 28. The third kappa shape index (κ3) is 17.0. The fourth-order valence-corrected chi connectivity index (χ4v) is 6.67. The van der Waals surface area contributed by atoms with E-state index < -0.39 is 18.2 Å². The topological polar surface area (TPSA) is 68.7 Å². The number of pyridine rings is 1. The van der Waals surface area contributed by atoms with Crippen LogP contribution in [0.2, 0.25) is 0 Å². The maximum absolute atomic E-state index is 13.0. The molecule has 288 valence electrons. The van der Waals surface area contributed by atoms with E-state index in [-0.39, 0.29) is 18.9 Å². The van der Waals surface area contributed by atoms with E-state index in [9.17, 15) is 23.1 Å². The Balaban J connectivity index is 1.56. The van der Waals surface area contributed by atoms with Gasteiger partial charge in [0.25, 0.3) is 0 Å². The Morgan fingerprint density at radius 3 is 1.92 bits per heavy atom. The minimum Gasteiger partial charge on any atom is -0.492 e. The van der Waals surface area contributed by atoms with Gasteiger partial charge in [0.15, 0.2) is 6.10 Å². The number of ether oxygens (including phenoxy) is 2. The molecular formula is C44H62F3NO4. The van der Waals surface area contributed by atoms with E-state index in [2.05, 4.69) is 31.2 Å². The molecule has 0 bridgehead atoms. The first-order valence-electron chi connectivity index (χ1n) is 19.9. The van der Waals surface area contributed by atoms with Gasteiger partial charge in [0.2, 0.25) is 0 Å². The normalized spacial score (nSPS) is 12.9. The number of halogens is 3. The molecule has 0 aliphatic carbocycles. The second-order valence-electron chi connectivity index (χ2n) is 14.2. The summed E-state index contributed by atoms with van der Waals surface area (Å²) < 4.78 is 50.0. The Kier molecular flexibility index (Phi) is 20.5. The number of hydrogen-bond donors (Lipinski definition) is 1. The molecule has 0 amide bonds. The summed E-state index contributed by atoms with van der Waals surface area (Å²) in [5.74, 6) is -0.173. The molecule has 0 saturated carbocycles. The molecule has 1 N–H and O–H groups in total. The molecule has 3 rings (SSSR count). The van der Waals surface area contributed by atoms with Crippen LogP contribution in [0.4, 0.5) is 13.2 Å². The molecule has 0 aliphatic rings. The highest BCUT2D eigenvalue weighted by Crippen LogP contribution is 2.37.